The molecule has 1 unspecified atom stereocenters. The summed E-state index contributed by atoms with van der Waals surface area (Å²) in [6.45, 7) is 11.8. The number of carbonyl (C=O) groups is 1. The van der Waals surface area contributed by atoms with E-state index in [1.165, 1.54) is 0 Å². The van der Waals surface area contributed by atoms with Gasteiger partial charge in [-0.1, -0.05) is 13.8 Å². The standard InChI is InChI=1S/C15H32N2O2/c1-12(2)10-13(11-17(6)7)16-9-8-14(18)19-15(3,4)5/h12-13,16H,8-11H2,1-7H3. The second-order valence-corrected chi connectivity index (χ2v) is 6.88. The molecule has 0 spiro atoms. The van der Waals surface area contributed by atoms with Crippen LogP contribution in [-0.2, 0) is 9.53 Å². The quantitative estimate of drug-likeness (QED) is 0.688. The van der Waals surface area contributed by atoms with Gasteiger partial charge in [-0.3, -0.25) is 4.79 Å². The fraction of sp³-hybridized carbons (Fsp3) is 0.933. The number of carbonyl (C=O) groups excluding carboxylic acids is 1. The lowest BCUT2D eigenvalue weighted by Crippen LogP contribution is -2.40. The van der Waals surface area contributed by atoms with E-state index in [0.717, 1.165) is 13.0 Å². The third-order valence-corrected chi connectivity index (χ3v) is 2.52. The number of likely N-dealkylation sites (N-methyl/N-ethyl adjacent to an activating group) is 1. The molecule has 114 valence electrons. The van der Waals surface area contributed by atoms with E-state index < -0.39 is 5.60 Å². The maximum absolute atomic E-state index is 11.6. The largest absolute Gasteiger partial charge is 0.460 e. The van der Waals surface area contributed by atoms with Crippen molar-refractivity contribution in [1.29, 1.82) is 0 Å². The Kier molecular flexibility index (Phi) is 8.26. The summed E-state index contributed by atoms with van der Waals surface area (Å²) < 4.78 is 5.29. The Labute approximate surface area is 118 Å². The van der Waals surface area contributed by atoms with Gasteiger partial charge in [-0.05, 0) is 47.2 Å². The number of nitrogens with one attached hydrogen (secondary N) is 1. The fourth-order valence-electron chi connectivity index (χ4n) is 2.00. The van der Waals surface area contributed by atoms with Gasteiger partial charge in [-0.25, -0.2) is 0 Å². The third-order valence-electron chi connectivity index (χ3n) is 2.52. The van der Waals surface area contributed by atoms with E-state index in [4.69, 9.17) is 4.74 Å². The Morgan fingerprint density at radius 3 is 2.26 bits per heavy atom. The fourth-order valence-corrected chi connectivity index (χ4v) is 2.00. The molecule has 0 aliphatic carbocycles. The topological polar surface area (TPSA) is 41.6 Å². The summed E-state index contributed by atoms with van der Waals surface area (Å²) in [5, 5.41) is 3.46. The molecule has 0 aromatic heterocycles. The molecular weight excluding hydrogens is 240 g/mol. The van der Waals surface area contributed by atoms with Crippen molar-refractivity contribution < 1.29 is 9.53 Å². The number of rotatable bonds is 8. The van der Waals surface area contributed by atoms with Crippen molar-refractivity contribution in [2.24, 2.45) is 5.92 Å². The van der Waals surface area contributed by atoms with Gasteiger partial charge < -0.3 is 15.0 Å². The van der Waals surface area contributed by atoms with Crippen LogP contribution in [0.4, 0.5) is 0 Å². The maximum Gasteiger partial charge on any atom is 0.307 e. The molecule has 0 bridgehead atoms. The number of hydrogen-bond donors (Lipinski definition) is 1. The maximum atomic E-state index is 11.6. The lowest BCUT2D eigenvalue weighted by atomic mass is 10.0. The van der Waals surface area contributed by atoms with Crippen LogP contribution in [0.2, 0.25) is 0 Å². The Hall–Kier alpha value is -0.610. The van der Waals surface area contributed by atoms with Crippen molar-refractivity contribution in [3.05, 3.63) is 0 Å². The average molecular weight is 272 g/mol. The van der Waals surface area contributed by atoms with Crippen molar-refractivity contribution in [3.8, 4) is 0 Å². The van der Waals surface area contributed by atoms with Gasteiger partial charge in [0.25, 0.3) is 0 Å². The first-order valence-electron chi connectivity index (χ1n) is 7.20. The predicted octanol–water partition coefficient (Wildman–Crippen LogP) is 2.28. The molecule has 0 saturated carbocycles. The van der Waals surface area contributed by atoms with Crippen molar-refractivity contribution in [2.45, 2.75) is 59.1 Å². The van der Waals surface area contributed by atoms with Crippen molar-refractivity contribution in [2.75, 3.05) is 27.2 Å². The van der Waals surface area contributed by atoms with E-state index >= 15 is 0 Å². The zero-order chi connectivity index (χ0) is 15.1. The second-order valence-electron chi connectivity index (χ2n) is 6.88. The SMILES string of the molecule is CC(C)CC(CN(C)C)NCCC(=O)OC(C)(C)C. The van der Waals surface area contributed by atoms with Crippen LogP contribution >= 0.6 is 0 Å². The monoisotopic (exact) mass is 272 g/mol. The van der Waals surface area contributed by atoms with Gasteiger partial charge in [0.2, 0.25) is 0 Å². The van der Waals surface area contributed by atoms with Gasteiger partial charge in [-0.2, -0.15) is 0 Å². The Morgan fingerprint density at radius 1 is 1.26 bits per heavy atom. The zero-order valence-corrected chi connectivity index (χ0v) is 13.7. The predicted molar refractivity (Wildman–Crippen MR) is 80.3 cm³/mol. The van der Waals surface area contributed by atoms with Crippen LogP contribution in [0, 0.1) is 5.92 Å². The smallest absolute Gasteiger partial charge is 0.307 e. The molecule has 1 N–H and O–H groups in total. The van der Waals surface area contributed by atoms with Gasteiger partial charge in [0.05, 0.1) is 6.42 Å². The molecule has 0 fully saturated rings. The second kappa shape index (κ2) is 8.54. The van der Waals surface area contributed by atoms with Crippen molar-refractivity contribution in [1.82, 2.24) is 10.2 Å². The molecule has 19 heavy (non-hydrogen) atoms. The lowest BCUT2D eigenvalue weighted by molar-refractivity contribution is -0.154. The minimum Gasteiger partial charge on any atom is -0.460 e. The minimum atomic E-state index is -0.391. The van der Waals surface area contributed by atoms with E-state index in [2.05, 4.69) is 38.2 Å². The summed E-state index contributed by atoms with van der Waals surface area (Å²) >= 11 is 0. The molecule has 4 nitrogen and oxygen atoms in total. The highest BCUT2D eigenvalue weighted by molar-refractivity contribution is 5.70. The van der Waals surface area contributed by atoms with E-state index in [9.17, 15) is 4.79 Å². The van der Waals surface area contributed by atoms with Crippen LogP contribution in [0.5, 0.6) is 0 Å². The number of hydrogen-bond acceptors (Lipinski definition) is 4. The normalized spacial score (nSPS) is 13.9. The Balaban J connectivity index is 4.01. The number of esters is 1. The molecule has 0 amide bonds. The highest BCUT2D eigenvalue weighted by Crippen LogP contribution is 2.09. The summed E-state index contributed by atoms with van der Waals surface area (Å²) in [4.78, 5) is 13.8. The van der Waals surface area contributed by atoms with Gasteiger partial charge in [0.15, 0.2) is 0 Å². The molecule has 0 aromatic rings. The molecule has 0 aliphatic heterocycles. The molecule has 0 radical (unpaired) electrons. The molecule has 0 aliphatic rings. The molecular formula is C15H32N2O2. The van der Waals surface area contributed by atoms with E-state index in [1.54, 1.807) is 0 Å². The van der Waals surface area contributed by atoms with Crippen LogP contribution in [-0.4, -0.2) is 49.7 Å². The highest BCUT2D eigenvalue weighted by atomic mass is 16.6. The van der Waals surface area contributed by atoms with Crippen LogP contribution in [0.15, 0.2) is 0 Å². The van der Waals surface area contributed by atoms with E-state index in [1.807, 2.05) is 20.8 Å². The van der Waals surface area contributed by atoms with E-state index in [0.29, 0.717) is 24.9 Å². The number of nitrogens with zero attached hydrogens (tertiary/aromatic N) is 1. The lowest BCUT2D eigenvalue weighted by Gasteiger charge is -2.24. The van der Waals surface area contributed by atoms with Crippen molar-refractivity contribution >= 4 is 5.97 Å². The molecule has 0 saturated heterocycles. The van der Waals surface area contributed by atoms with Crippen LogP contribution in [0.1, 0.15) is 47.5 Å². The first-order valence-corrected chi connectivity index (χ1v) is 7.20. The van der Waals surface area contributed by atoms with Gasteiger partial charge in [-0.15, -0.1) is 0 Å². The minimum absolute atomic E-state index is 0.131. The summed E-state index contributed by atoms with van der Waals surface area (Å²) in [6, 6.07) is 0.428. The third kappa shape index (κ3) is 12.2. The van der Waals surface area contributed by atoms with Gasteiger partial charge in [0, 0.05) is 19.1 Å². The van der Waals surface area contributed by atoms with Crippen LogP contribution < -0.4 is 5.32 Å². The summed E-state index contributed by atoms with van der Waals surface area (Å²) in [5.41, 5.74) is -0.391. The van der Waals surface area contributed by atoms with Gasteiger partial charge >= 0.3 is 5.97 Å². The highest BCUT2D eigenvalue weighted by Gasteiger charge is 2.17. The number of ether oxygens (including phenoxy) is 1. The first kappa shape index (κ1) is 18.4. The molecule has 4 heteroatoms. The molecule has 0 aromatic carbocycles. The summed E-state index contributed by atoms with van der Waals surface area (Å²) in [5.74, 6) is 0.520. The molecule has 1 atom stereocenters. The average Bonchev–Trinajstić information content (AvgIpc) is 2.11. The first-order chi connectivity index (χ1) is 8.60. The zero-order valence-electron chi connectivity index (χ0n) is 13.7. The Bertz CT molecular complexity index is 247. The Morgan fingerprint density at radius 2 is 1.84 bits per heavy atom. The van der Waals surface area contributed by atoms with E-state index in [-0.39, 0.29) is 5.97 Å². The summed E-state index contributed by atoms with van der Waals surface area (Å²) in [6.07, 6.45) is 1.55. The van der Waals surface area contributed by atoms with Crippen LogP contribution in [0.25, 0.3) is 0 Å². The van der Waals surface area contributed by atoms with Crippen LogP contribution in [0.3, 0.4) is 0 Å². The molecule has 0 rings (SSSR count). The van der Waals surface area contributed by atoms with Gasteiger partial charge in [0.1, 0.15) is 5.60 Å². The molecule has 0 heterocycles. The van der Waals surface area contributed by atoms with Crippen molar-refractivity contribution in [3.63, 3.8) is 0 Å². The summed E-state index contributed by atoms with van der Waals surface area (Å²) in [7, 11) is 4.14.